The zero-order valence-electron chi connectivity index (χ0n) is 7.90. The summed E-state index contributed by atoms with van der Waals surface area (Å²) in [5, 5.41) is 9.08. The van der Waals surface area contributed by atoms with Gasteiger partial charge >= 0.3 is 6.09 Å². The molecule has 1 amide bonds. The Balaban J connectivity index is 2.26. The standard InChI is InChI=1S/C9H11N3O2S/c10-8(11)15-14-9(13)12-6-7-4-2-1-3-5-7/h1-5H,6H2,(H3,10,11)(H,12,13). The monoisotopic (exact) mass is 225 g/mol. The molecule has 0 aliphatic rings. The predicted molar refractivity (Wildman–Crippen MR) is 59.3 cm³/mol. The van der Waals surface area contributed by atoms with E-state index in [0.29, 0.717) is 18.6 Å². The Kier molecular flexibility index (Phi) is 4.49. The van der Waals surface area contributed by atoms with Gasteiger partial charge in [-0.25, -0.2) is 4.79 Å². The van der Waals surface area contributed by atoms with E-state index in [1.54, 1.807) is 0 Å². The molecule has 1 aromatic carbocycles. The number of benzene rings is 1. The van der Waals surface area contributed by atoms with Gasteiger partial charge in [0.2, 0.25) is 0 Å². The van der Waals surface area contributed by atoms with Crippen LogP contribution in [0, 0.1) is 5.41 Å². The van der Waals surface area contributed by atoms with Gasteiger partial charge in [-0.2, -0.15) is 0 Å². The minimum absolute atomic E-state index is 0.259. The fourth-order valence-electron chi connectivity index (χ4n) is 0.882. The topological polar surface area (TPSA) is 88.2 Å². The summed E-state index contributed by atoms with van der Waals surface area (Å²) in [6.45, 7) is 0.387. The zero-order valence-corrected chi connectivity index (χ0v) is 8.71. The maximum atomic E-state index is 11.0. The summed E-state index contributed by atoms with van der Waals surface area (Å²) in [6.07, 6.45) is -0.612. The van der Waals surface area contributed by atoms with E-state index < -0.39 is 6.09 Å². The molecule has 0 heterocycles. The average Bonchev–Trinajstić information content (AvgIpc) is 2.25. The molecule has 0 fully saturated rings. The summed E-state index contributed by atoms with van der Waals surface area (Å²) < 4.78 is 4.54. The highest BCUT2D eigenvalue weighted by Crippen LogP contribution is 2.02. The minimum atomic E-state index is -0.612. The number of hydrogen-bond donors (Lipinski definition) is 3. The van der Waals surface area contributed by atoms with Crippen molar-refractivity contribution in [1.29, 1.82) is 5.41 Å². The van der Waals surface area contributed by atoms with Gasteiger partial charge in [0.15, 0.2) is 5.17 Å². The smallest absolute Gasteiger partial charge is 0.376 e. The SMILES string of the molecule is N=C(N)SOC(=O)NCc1ccccc1. The maximum absolute atomic E-state index is 11.0. The number of nitrogens with one attached hydrogen (secondary N) is 2. The van der Waals surface area contributed by atoms with E-state index in [-0.39, 0.29) is 5.17 Å². The number of amidine groups is 1. The Hall–Kier alpha value is -1.69. The molecule has 0 aliphatic carbocycles. The molecule has 6 heteroatoms. The third-order valence-corrected chi connectivity index (χ3v) is 1.90. The van der Waals surface area contributed by atoms with Crippen molar-refractivity contribution in [2.75, 3.05) is 0 Å². The second kappa shape index (κ2) is 5.92. The predicted octanol–water partition coefficient (Wildman–Crippen LogP) is 1.45. The van der Waals surface area contributed by atoms with Crippen LogP contribution in [0.5, 0.6) is 0 Å². The van der Waals surface area contributed by atoms with Crippen molar-refractivity contribution >= 4 is 23.3 Å². The molecule has 1 rings (SSSR count). The fraction of sp³-hybridized carbons (Fsp3) is 0.111. The van der Waals surface area contributed by atoms with E-state index in [2.05, 4.69) is 9.50 Å². The number of amides is 1. The van der Waals surface area contributed by atoms with Crippen LogP contribution in [0.1, 0.15) is 5.56 Å². The minimum Gasteiger partial charge on any atom is -0.376 e. The van der Waals surface area contributed by atoms with Crippen LogP contribution in [-0.4, -0.2) is 11.3 Å². The molecular formula is C9H11N3O2S. The molecule has 0 aromatic heterocycles. The van der Waals surface area contributed by atoms with Gasteiger partial charge in [-0.15, -0.1) is 0 Å². The average molecular weight is 225 g/mol. The van der Waals surface area contributed by atoms with Crippen molar-refractivity contribution in [3.63, 3.8) is 0 Å². The molecule has 0 saturated carbocycles. The van der Waals surface area contributed by atoms with E-state index in [1.165, 1.54) is 0 Å². The number of carbonyl (C=O) groups is 1. The molecule has 0 atom stereocenters. The van der Waals surface area contributed by atoms with Crippen molar-refractivity contribution in [1.82, 2.24) is 5.32 Å². The summed E-state index contributed by atoms with van der Waals surface area (Å²) >= 11 is 0.524. The van der Waals surface area contributed by atoms with Crippen LogP contribution in [0.2, 0.25) is 0 Å². The van der Waals surface area contributed by atoms with Gasteiger partial charge in [0.05, 0.1) is 0 Å². The second-order valence-corrected chi connectivity index (χ2v) is 3.43. The molecule has 0 saturated heterocycles. The highest BCUT2D eigenvalue weighted by molar-refractivity contribution is 8.09. The van der Waals surface area contributed by atoms with Gasteiger partial charge in [-0.3, -0.25) is 5.41 Å². The number of carbonyl (C=O) groups excluding carboxylic acids is 1. The number of rotatable bonds is 2. The van der Waals surface area contributed by atoms with Crippen molar-refractivity contribution in [3.05, 3.63) is 35.9 Å². The van der Waals surface area contributed by atoms with Crippen molar-refractivity contribution in [2.24, 2.45) is 5.73 Å². The number of nitrogens with two attached hydrogens (primary N) is 1. The second-order valence-electron chi connectivity index (χ2n) is 2.66. The number of hydrogen-bond acceptors (Lipinski definition) is 4. The van der Waals surface area contributed by atoms with Gasteiger partial charge in [-0.05, 0) is 5.56 Å². The summed E-state index contributed by atoms with van der Waals surface area (Å²) in [5.41, 5.74) is 5.96. The lowest BCUT2D eigenvalue weighted by molar-refractivity contribution is 0.208. The fourth-order valence-corrected chi connectivity index (χ4v) is 1.11. The van der Waals surface area contributed by atoms with Crippen LogP contribution in [-0.2, 0) is 10.7 Å². The summed E-state index contributed by atoms with van der Waals surface area (Å²) in [6, 6.07) is 9.43. The van der Waals surface area contributed by atoms with E-state index >= 15 is 0 Å². The molecular weight excluding hydrogens is 214 g/mol. The third kappa shape index (κ3) is 4.92. The van der Waals surface area contributed by atoms with E-state index in [1.807, 2.05) is 30.3 Å². The Morgan fingerprint density at radius 3 is 2.73 bits per heavy atom. The summed E-state index contributed by atoms with van der Waals surface area (Å²) in [4.78, 5) is 11.0. The van der Waals surface area contributed by atoms with Gasteiger partial charge in [0.1, 0.15) is 12.0 Å². The van der Waals surface area contributed by atoms with Crippen LogP contribution in [0.4, 0.5) is 4.79 Å². The van der Waals surface area contributed by atoms with Gasteiger partial charge in [0, 0.05) is 6.54 Å². The molecule has 80 valence electrons. The summed E-state index contributed by atoms with van der Waals surface area (Å²) in [5.74, 6) is 0. The van der Waals surface area contributed by atoms with Crippen LogP contribution in [0.3, 0.4) is 0 Å². The van der Waals surface area contributed by atoms with Crippen LogP contribution in [0.15, 0.2) is 30.3 Å². The quantitative estimate of drug-likeness (QED) is 0.404. The molecule has 0 unspecified atom stereocenters. The lowest BCUT2D eigenvalue weighted by Gasteiger charge is -2.04. The normalized spacial score (nSPS) is 9.33. The molecule has 0 spiro atoms. The van der Waals surface area contributed by atoms with Crippen molar-refractivity contribution in [3.8, 4) is 0 Å². The van der Waals surface area contributed by atoms with Gasteiger partial charge in [0.25, 0.3) is 0 Å². The molecule has 15 heavy (non-hydrogen) atoms. The van der Waals surface area contributed by atoms with Crippen molar-refractivity contribution < 1.29 is 8.98 Å². The van der Waals surface area contributed by atoms with E-state index in [4.69, 9.17) is 11.1 Å². The third-order valence-electron chi connectivity index (χ3n) is 1.49. The van der Waals surface area contributed by atoms with Crippen molar-refractivity contribution in [2.45, 2.75) is 6.54 Å². The molecule has 0 radical (unpaired) electrons. The molecule has 1 aromatic rings. The molecule has 0 bridgehead atoms. The Labute approximate surface area is 91.7 Å². The van der Waals surface area contributed by atoms with Crippen LogP contribution in [0.25, 0.3) is 0 Å². The first kappa shape index (κ1) is 11.4. The van der Waals surface area contributed by atoms with Crippen LogP contribution >= 0.6 is 12.0 Å². The van der Waals surface area contributed by atoms with Crippen LogP contribution < -0.4 is 11.1 Å². The lowest BCUT2D eigenvalue weighted by atomic mass is 10.2. The summed E-state index contributed by atoms with van der Waals surface area (Å²) in [7, 11) is 0. The Morgan fingerprint density at radius 1 is 1.47 bits per heavy atom. The Morgan fingerprint density at radius 2 is 2.13 bits per heavy atom. The lowest BCUT2D eigenvalue weighted by Crippen LogP contribution is -2.22. The van der Waals surface area contributed by atoms with E-state index in [0.717, 1.165) is 5.56 Å². The first-order chi connectivity index (χ1) is 7.18. The zero-order chi connectivity index (χ0) is 11.1. The highest BCUT2D eigenvalue weighted by atomic mass is 32.2. The molecule has 0 aliphatic heterocycles. The largest absolute Gasteiger partial charge is 0.420 e. The molecule has 4 N–H and O–H groups in total. The highest BCUT2D eigenvalue weighted by Gasteiger charge is 2.03. The maximum Gasteiger partial charge on any atom is 0.420 e. The molecule has 5 nitrogen and oxygen atoms in total. The van der Waals surface area contributed by atoms with Gasteiger partial charge < -0.3 is 15.2 Å². The first-order valence-corrected chi connectivity index (χ1v) is 4.93. The van der Waals surface area contributed by atoms with E-state index in [9.17, 15) is 4.79 Å². The first-order valence-electron chi connectivity index (χ1n) is 4.19. The van der Waals surface area contributed by atoms with Gasteiger partial charge in [-0.1, -0.05) is 30.3 Å². The Bertz CT molecular complexity index is 342.